The fraction of sp³-hybridized carbons (Fsp3) is 0.444. The van der Waals surface area contributed by atoms with Crippen molar-refractivity contribution in [2.45, 2.75) is 52.4 Å². The monoisotopic (exact) mass is 477 g/mol. The van der Waals surface area contributed by atoms with Gasteiger partial charge in [-0.3, -0.25) is 9.78 Å². The summed E-state index contributed by atoms with van der Waals surface area (Å²) in [6.45, 7) is 8.57. The Labute approximate surface area is 206 Å². The Morgan fingerprint density at radius 1 is 1.15 bits per heavy atom. The van der Waals surface area contributed by atoms with Gasteiger partial charge < -0.3 is 16.0 Å². The first-order valence-electron chi connectivity index (χ1n) is 12.4. The third-order valence-corrected chi connectivity index (χ3v) is 7.72. The lowest BCUT2D eigenvalue weighted by Gasteiger charge is -2.26. The van der Waals surface area contributed by atoms with Crippen LogP contribution < -0.4 is 11.1 Å². The highest BCUT2D eigenvalue weighted by atomic mass is 32.1. The van der Waals surface area contributed by atoms with Crippen LogP contribution in [0.4, 0.5) is 5.69 Å². The number of nitrogens with zero attached hydrogens (tertiary/aromatic N) is 3. The van der Waals surface area contributed by atoms with Gasteiger partial charge in [0.15, 0.2) is 0 Å². The van der Waals surface area contributed by atoms with Crippen molar-refractivity contribution in [3.05, 3.63) is 47.1 Å². The first-order chi connectivity index (χ1) is 16.6. The number of hydrogen-bond donors (Lipinski definition) is 2. The van der Waals surface area contributed by atoms with E-state index in [9.17, 15) is 4.79 Å². The van der Waals surface area contributed by atoms with Crippen molar-refractivity contribution >= 4 is 39.4 Å². The minimum absolute atomic E-state index is 0.332. The van der Waals surface area contributed by atoms with Gasteiger partial charge in [0.2, 0.25) is 5.91 Å². The summed E-state index contributed by atoms with van der Waals surface area (Å²) in [6.07, 6.45) is 10.2. The molecule has 1 saturated heterocycles. The molecular weight excluding hydrogens is 442 g/mol. The lowest BCUT2D eigenvalue weighted by atomic mass is 10.0. The molecule has 0 aliphatic carbocycles. The number of fused-ring (bicyclic) bond motifs is 1. The number of primary amides is 1. The minimum atomic E-state index is -0.332. The lowest BCUT2D eigenvalue weighted by Crippen LogP contribution is -2.31. The van der Waals surface area contributed by atoms with Crippen LogP contribution in [-0.4, -0.2) is 47.0 Å². The highest BCUT2D eigenvalue weighted by molar-refractivity contribution is 7.16. The molecule has 0 spiro atoms. The maximum Gasteiger partial charge on any atom is 0.244 e. The fourth-order valence-electron chi connectivity index (χ4n) is 4.76. The summed E-state index contributed by atoms with van der Waals surface area (Å²) in [5, 5.41) is 4.69. The van der Waals surface area contributed by atoms with Crippen molar-refractivity contribution in [3.8, 4) is 10.6 Å². The number of piperidine rings is 1. The summed E-state index contributed by atoms with van der Waals surface area (Å²) in [5.74, 6) is -0.332. The molecule has 3 aromatic heterocycles. The summed E-state index contributed by atoms with van der Waals surface area (Å²) in [6, 6.07) is 8.28. The second-order valence-corrected chi connectivity index (χ2v) is 9.91. The maximum atomic E-state index is 11.9. The van der Waals surface area contributed by atoms with Crippen molar-refractivity contribution < 1.29 is 4.79 Å². The first kappa shape index (κ1) is 24.4. The van der Waals surface area contributed by atoms with E-state index >= 15 is 0 Å². The number of allylic oxidation sites excluding steroid dienone is 1. The Morgan fingerprint density at radius 2 is 1.97 bits per heavy atom. The van der Waals surface area contributed by atoms with Gasteiger partial charge in [0.1, 0.15) is 0 Å². The Hall–Kier alpha value is -2.77. The lowest BCUT2D eigenvalue weighted by molar-refractivity contribution is -0.114. The number of pyridine rings is 2. The molecule has 7 heteroatoms. The molecule has 1 aliphatic heterocycles. The van der Waals surface area contributed by atoms with Gasteiger partial charge in [0, 0.05) is 40.5 Å². The van der Waals surface area contributed by atoms with Crippen LogP contribution in [-0.2, 0) is 4.79 Å². The van der Waals surface area contributed by atoms with Gasteiger partial charge in [-0.05, 0) is 81.6 Å². The number of rotatable bonds is 10. The van der Waals surface area contributed by atoms with Gasteiger partial charge in [0.05, 0.1) is 16.1 Å². The van der Waals surface area contributed by atoms with Crippen LogP contribution in [0.1, 0.15) is 57.2 Å². The van der Waals surface area contributed by atoms with Gasteiger partial charge in [0.25, 0.3) is 0 Å². The molecule has 0 atom stereocenters. The second-order valence-electron chi connectivity index (χ2n) is 8.82. The van der Waals surface area contributed by atoms with Gasteiger partial charge in [-0.15, -0.1) is 11.3 Å². The van der Waals surface area contributed by atoms with Crippen LogP contribution in [0.3, 0.4) is 0 Å². The number of carbonyl (C=O) groups excluding carboxylic acids is 1. The quantitative estimate of drug-likeness (QED) is 0.289. The van der Waals surface area contributed by atoms with E-state index in [4.69, 9.17) is 10.7 Å². The molecule has 4 heterocycles. The molecule has 180 valence electrons. The molecule has 0 saturated carbocycles. The standard InChI is InChI=1S/C27H35N5OS/c1-3-19(20(4-2)27(28)33)25-9-10-26(34-25)24-17-23(21-18-29-13-11-22(21)31-24)30-12-8-16-32-14-6-5-7-15-32/h9-11,13,17-18H,3-8,12,14-16H2,1-2H3,(H2,28,33)(H,30,31). The van der Waals surface area contributed by atoms with Crippen LogP contribution in [0.5, 0.6) is 0 Å². The molecule has 34 heavy (non-hydrogen) atoms. The molecule has 3 aromatic rings. The Balaban J connectivity index is 1.57. The molecule has 0 radical (unpaired) electrons. The predicted molar refractivity (Wildman–Crippen MR) is 143 cm³/mol. The van der Waals surface area contributed by atoms with Crippen LogP contribution in [0.2, 0.25) is 0 Å². The number of anilines is 1. The Bertz CT molecular complexity index is 1160. The van der Waals surface area contributed by atoms with Crippen molar-refractivity contribution in [1.82, 2.24) is 14.9 Å². The van der Waals surface area contributed by atoms with E-state index in [1.807, 2.05) is 19.2 Å². The zero-order valence-corrected chi connectivity index (χ0v) is 21.1. The normalized spacial score (nSPS) is 15.4. The molecule has 1 aliphatic rings. The predicted octanol–water partition coefficient (Wildman–Crippen LogP) is 5.71. The summed E-state index contributed by atoms with van der Waals surface area (Å²) in [5.41, 5.74) is 10.3. The van der Waals surface area contributed by atoms with Crippen molar-refractivity contribution in [3.63, 3.8) is 0 Å². The molecule has 4 rings (SSSR count). The van der Waals surface area contributed by atoms with Crippen LogP contribution in [0.15, 0.2) is 42.2 Å². The highest BCUT2D eigenvalue weighted by Crippen LogP contribution is 2.36. The van der Waals surface area contributed by atoms with Gasteiger partial charge >= 0.3 is 0 Å². The Morgan fingerprint density at radius 3 is 2.71 bits per heavy atom. The fourth-order valence-corrected chi connectivity index (χ4v) is 5.87. The summed E-state index contributed by atoms with van der Waals surface area (Å²) in [7, 11) is 0. The number of hydrogen-bond acceptors (Lipinski definition) is 6. The summed E-state index contributed by atoms with van der Waals surface area (Å²) < 4.78 is 0. The molecule has 0 aromatic carbocycles. The molecule has 1 amide bonds. The van der Waals surface area contributed by atoms with Crippen LogP contribution in [0, 0.1) is 0 Å². The number of nitrogens with one attached hydrogen (secondary N) is 1. The largest absolute Gasteiger partial charge is 0.384 e. The van der Waals surface area contributed by atoms with E-state index in [2.05, 4.69) is 40.3 Å². The summed E-state index contributed by atoms with van der Waals surface area (Å²) in [4.78, 5) is 25.9. The van der Waals surface area contributed by atoms with Gasteiger partial charge in [-0.2, -0.15) is 0 Å². The van der Waals surface area contributed by atoms with Crippen LogP contribution >= 0.6 is 11.3 Å². The third-order valence-electron chi connectivity index (χ3n) is 6.55. The number of aromatic nitrogens is 2. The topological polar surface area (TPSA) is 84.1 Å². The third kappa shape index (κ3) is 5.65. The van der Waals surface area contributed by atoms with E-state index in [-0.39, 0.29) is 5.91 Å². The smallest absolute Gasteiger partial charge is 0.244 e. The SMILES string of the molecule is CCC(C(N)=O)=C(CC)c1ccc(-c2cc(NCCCN3CCCCC3)c3cnccc3n2)s1. The molecule has 6 nitrogen and oxygen atoms in total. The Kier molecular flexibility index (Phi) is 8.29. The number of amides is 1. The molecule has 0 bridgehead atoms. The molecular formula is C27H35N5OS. The van der Waals surface area contributed by atoms with E-state index in [0.29, 0.717) is 12.0 Å². The van der Waals surface area contributed by atoms with Crippen molar-refractivity contribution in [2.75, 3.05) is 31.5 Å². The van der Waals surface area contributed by atoms with E-state index < -0.39 is 0 Å². The average Bonchev–Trinajstić information content (AvgIpc) is 3.35. The number of thiophene rings is 1. The van der Waals surface area contributed by atoms with Crippen molar-refractivity contribution in [2.24, 2.45) is 5.73 Å². The maximum absolute atomic E-state index is 11.9. The highest BCUT2D eigenvalue weighted by Gasteiger charge is 2.16. The second kappa shape index (κ2) is 11.6. The molecule has 1 fully saturated rings. The minimum Gasteiger partial charge on any atom is -0.384 e. The van der Waals surface area contributed by atoms with E-state index in [1.165, 1.54) is 32.4 Å². The number of carbonyl (C=O) groups is 1. The summed E-state index contributed by atoms with van der Waals surface area (Å²) >= 11 is 1.67. The van der Waals surface area contributed by atoms with Gasteiger partial charge in [-0.25, -0.2) is 4.98 Å². The number of likely N-dealkylation sites (tertiary alicyclic amines) is 1. The zero-order valence-electron chi connectivity index (χ0n) is 20.3. The molecule has 0 unspecified atom stereocenters. The van der Waals surface area contributed by atoms with Gasteiger partial charge in [-0.1, -0.05) is 20.3 Å². The van der Waals surface area contributed by atoms with E-state index in [1.54, 1.807) is 17.5 Å². The first-order valence-corrected chi connectivity index (χ1v) is 13.3. The van der Waals surface area contributed by atoms with Crippen LogP contribution in [0.25, 0.3) is 27.0 Å². The van der Waals surface area contributed by atoms with Crippen molar-refractivity contribution in [1.29, 1.82) is 0 Å². The zero-order chi connectivity index (χ0) is 23.9. The van der Waals surface area contributed by atoms with E-state index in [0.717, 1.165) is 63.5 Å². The average molecular weight is 478 g/mol. The molecule has 3 N–H and O–H groups in total. The number of nitrogens with two attached hydrogens (primary N) is 1.